The molecule has 0 aliphatic heterocycles. The van der Waals surface area contributed by atoms with Gasteiger partial charge < -0.3 is 9.84 Å². The Morgan fingerprint density at radius 2 is 1.65 bits per heavy atom. The molecule has 1 atom stereocenters. The summed E-state index contributed by atoms with van der Waals surface area (Å²) in [5.41, 5.74) is -0.656. The van der Waals surface area contributed by atoms with E-state index in [-0.39, 0.29) is 10.5 Å². The van der Waals surface area contributed by atoms with Gasteiger partial charge in [0, 0.05) is 10.5 Å². The normalized spacial score (nSPS) is 14.2. The maximum absolute atomic E-state index is 11.7. The number of hydrogen-bond donors (Lipinski definition) is 1. The quantitative estimate of drug-likeness (QED) is 0.623. The van der Waals surface area contributed by atoms with Crippen molar-refractivity contribution in [2.45, 2.75) is 51.9 Å². The van der Waals surface area contributed by atoms with Crippen LogP contribution in [-0.2, 0) is 14.3 Å². The van der Waals surface area contributed by atoms with Gasteiger partial charge in [0.1, 0.15) is 5.60 Å². The van der Waals surface area contributed by atoms with Gasteiger partial charge >= 0.3 is 11.9 Å². The van der Waals surface area contributed by atoms with Gasteiger partial charge in [0.2, 0.25) is 0 Å². The summed E-state index contributed by atoms with van der Waals surface area (Å²) in [6.45, 7) is 11.1. The van der Waals surface area contributed by atoms with E-state index < -0.39 is 23.5 Å². The van der Waals surface area contributed by atoms with Crippen molar-refractivity contribution >= 4 is 23.7 Å². The summed E-state index contributed by atoms with van der Waals surface area (Å²) in [5, 5.41) is 9.02. The molecule has 1 unspecified atom stereocenters. The number of carbonyl (C=O) groups is 2. The van der Waals surface area contributed by atoms with E-state index in [4.69, 9.17) is 9.84 Å². The minimum Gasteiger partial charge on any atom is -0.481 e. The van der Waals surface area contributed by atoms with Crippen LogP contribution in [0.3, 0.4) is 0 Å². The second kappa shape index (κ2) is 5.76. The zero-order valence-electron chi connectivity index (χ0n) is 11.4. The van der Waals surface area contributed by atoms with Gasteiger partial charge in [-0.1, -0.05) is 20.8 Å². The number of carbonyl (C=O) groups excluding carboxylic acids is 1. The van der Waals surface area contributed by atoms with E-state index in [1.807, 2.05) is 20.8 Å². The van der Waals surface area contributed by atoms with Crippen molar-refractivity contribution in [3.63, 3.8) is 0 Å². The molecule has 1 N–H and O–H groups in total. The van der Waals surface area contributed by atoms with E-state index >= 15 is 0 Å². The Labute approximate surface area is 107 Å². The summed E-state index contributed by atoms with van der Waals surface area (Å²) in [4.78, 5) is 22.7. The number of carboxylic acid groups (broad SMARTS) is 1. The van der Waals surface area contributed by atoms with Crippen molar-refractivity contribution < 1.29 is 19.4 Å². The Balaban J connectivity index is 4.54. The Bertz CT molecular complexity index is 286. The first-order chi connectivity index (χ1) is 7.42. The van der Waals surface area contributed by atoms with Crippen molar-refractivity contribution in [3.05, 3.63) is 0 Å². The van der Waals surface area contributed by atoms with Crippen LogP contribution in [0, 0.1) is 5.92 Å². The molecule has 0 radical (unpaired) electrons. The second-order valence-electron chi connectivity index (χ2n) is 5.85. The highest BCUT2D eigenvalue weighted by Crippen LogP contribution is 2.26. The van der Waals surface area contributed by atoms with E-state index in [1.165, 1.54) is 11.8 Å². The van der Waals surface area contributed by atoms with Crippen LogP contribution in [0.15, 0.2) is 0 Å². The Morgan fingerprint density at radius 1 is 1.18 bits per heavy atom. The number of aliphatic carboxylic acids is 1. The Morgan fingerprint density at radius 3 is 1.94 bits per heavy atom. The number of hydrogen-bond acceptors (Lipinski definition) is 4. The van der Waals surface area contributed by atoms with Crippen LogP contribution >= 0.6 is 11.8 Å². The summed E-state index contributed by atoms with van der Waals surface area (Å²) in [7, 11) is 0. The highest BCUT2D eigenvalue weighted by atomic mass is 32.2. The van der Waals surface area contributed by atoms with Crippen LogP contribution in [-0.4, -0.2) is 33.1 Å². The van der Waals surface area contributed by atoms with Gasteiger partial charge in [-0.2, -0.15) is 11.8 Å². The van der Waals surface area contributed by atoms with Crippen LogP contribution in [0.1, 0.15) is 41.5 Å². The SMILES string of the molecule is CC(C)(C)OC(=O)C(CSC(C)(C)C)C(=O)O. The van der Waals surface area contributed by atoms with Crippen LogP contribution in [0.25, 0.3) is 0 Å². The Hall–Kier alpha value is -0.710. The largest absolute Gasteiger partial charge is 0.481 e. The molecule has 4 nitrogen and oxygen atoms in total. The average molecular weight is 262 g/mol. The summed E-state index contributed by atoms with van der Waals surface area (Å²) < 4.78 is 5.02. The fourth-order valence-electron chi connectivity index (χ4n) is 0.946. The van der Waals surface area contributed by atoms with Crippen molar-refractivity contribution in [2.75, 3.05) is 5.75 Å². The molecule has 0 heterocycles. The lowest BCUT2D eigenvalue weighted by atomic mass is 10.1. The molecular weight excluding hydrogens is 240 g/mol. The van der Waals surface area contributed by atoms with Gasteiger partial charge in [0.15, 0.2) is 5.92 Å². The van der Waals surface area contributed by atoms with Crippen molar-refractivity contribution in [1.82, 2.24) is 0 Å². The number of ether oxygens (including phenoxy) is 1. The van der Waals surface area contributed by atoms with Gasteiger partial charge in [-0.25, -0.2) is 0 Å². The molecule has 0 aromatic heterocycles. The first-order valence-electron chi connectivity index (χ1n) is 5.52. The van der Waals surface area contributed by atoms with Gasteiger partial charge in [0.25, 0.3) is 0 Å². The van der Waals surface area contributed by atoms with E-state index in [2.05, 4.69) is 0 Å². The molecule has 0 fully saturated rings. The van der Waals surface area contributed by atoms with Gasteiger partial charge in [-0.05, 0) is 20.8 Å². The summed E-state index contributed by atoms with van der Waals surface area (Å²) in [6.07, 6.45) is 0. The third-order valence-corrected chi connectivity index (χ3v) is 3.04. The lowest BCUT2D eigenvalue weighted by Crippen LogP contribution is -2.34. The molecule has 5 heteroatoms. The first kappa shape index (κ1) is 16.3. The molecule has 0 aliphatic carbocycles. The lowest BCUT2D eigenvalue weighted by Gasteiger charge is -2.24. The summed E-state index contributed by atoms with van der Waals surface area (Å²) >= 11 is 1.44. The third kappa shape index (κ3) is 8.07. The highest BCUT2D eigenvalue weighted by Gasteiger charge is 2.32. The maximum atomic E-state index is 11.7. The predicted octanol–water partition coefficient (Wildman–Crippen LogP) is 2.56. The maximum Gasteiger partial charge on any atom is 0.321 e. The Kier molecular flexibility index (Phi) is 5.52. The fraction of sp³-hybridized carbons (Fsp3) is 0.833. The molecule has 17 heavy (non-hydrogen) atoms. The molecule has 0 saturated carbocycles. The number of esters is 1. The van der Waals surface area contributed by atoms with Crippen molar-refractivity contribution in [3.8, 4) is 0 Å². The van der Waals surface area contributed by atoms with Crippen LogP contribution < -0.4 is 0 Å². The average Bonchev–Trinajstić information content (AvgIpc) is 1.96. The second-order valence-corrected chi connectivity index (χ2v) is 7.69. The molecule has 0 aromatic rings. The molecule has 0 rings (SSSR count). The van der Waals surface area contributed by atoms with Crippen molar-refractivity contribution in [2.24, 2.45) is 5.92 Å². The van der Waals surface area contributed by atoms with Crippen LogP contribution in [0.4, 0.5) is 0 Å². The molecule has 0 aliphatic rings. The zero-order valence-corrected chi connectivity index (χ0v) is 12.2. The molecule has 0 amide bonds. The number of rotatable bonds is 4. The fourth-order valence-corrected chi connectivity index (χ4v) is 1.89. The van der Waals surface area contributed by atoms with Gasteiger partial charge in [-0.3, -0.25) is 9.59 Å². The number of carboxylic acids is 1. The third-order valence-electron chi connectivity index (χ3n) is 1.67. The highest BCUT2D eigenvalue weighted by molar-refractivity contribution is 8.00. The van der Waals surface area contributed by atoms with Crippen LogP contribution in [0.5, 0.6) is 0 Å². The summed E-state index contributed by atoms with van der Waals surface area (Å²) in [6, 6.07) is 0. The molecule has 0 saturated heterocycles. The molecule has 0 bridgehead atoms. The first-order valence-corrected chi connectivity index (χ1v) is 6.50. The van der Waals surface area contributed by atoms with E-state index in [0.29, 0.717) is 0 Å². The molecular formula is C12H22O4S. The predicted molar refractivity (Wildman–Crippen MR) is 69.2 cm³/mol. The standard InChI is InChI=1S/C12H22O4S/c1-11(2,3)16-10(15)8(9(13)14)7-17-12(4,5)6/h8H,7H2,1-6H3,(H,13,14). The molecule has 0 spiro atoms. The van der Waals surface area contributed by atoms with Gasteiger partial charge in [-0.15, -0.1) is 0 Å². The zero-order chi connectivity index (χ0) is 13.9. The number of thioether (sulfide) groups is 1. The smallest absolute Gasteiger partial charge is 0.321 e. The molecule has 100 valence electrons. The van der Waals surface area contributed by atoms with Crippen LogP contribution in [0.2, 0.25) is 0 Å². The summed E-state index contributed by atoms with van der Waals surface area (Å²) in [5.74, 6) is -2.66. The topological polar surface area (TPSA) is 63.6 Å². The van der Waals surface area contributed by atoms with Crippen molar-refractivity contribution in [1.29, 1.82) is 0 Å². The monoisotopic (exact) mass is 262 g/mol. The van der Waals surface area contributed by atoms with E-state index in [1.54, 1.807) is 20.8 Å². The minimum atomic E-state index is -1.13. The van der Waals surface area contributed by atoms with E-state index in [9.17, 15) is 9.59 Å². The molecule has 0 aromatic carbocycles. The van der Waals surface area contributed by atoms with Gasteiger partial charge in [0.05, 0.1) is 0 Å². The van der Waals surface area contributed by atoms with E-state index in [0.717, 1.165) is 0 Å². The lowest BCUT2D eigenvalue weighted by molar-refractivity contribution is -0.165. The minimum absolute atomic E-state index is 0.0737.